The molecule has 10 nitrogen and oxygen atoms in total. The first kappa shape index (κ1) is 40.3. The summed E-state index contributed by atoms with van der Waals surface area (Å²) >= 11 is 0. The van der Waals surface area contributed by atoms with E-state index < -0.39 is 42.1 Å². The maximum Gasteiger partial charge on any atom is 0.307 e. The Balaban J connectivity index is 0.000000176. The Morgan fingerprint density at radius 1 is 1.09 bits per heavy atom. The van der Waals surface area contributed by atoms with Crippen molar-refractivity contribution >= 4 is 23.1 Å². The van der Waals surface area contributed by atoms with Gasteiger partial charge in [0.2, 0.25) is 0 Å². The number of fused-ring (bicyclic) bond motifs is 9. The number of benzene rings is 2. The van der Waals surface area contributed by atoms with Crippen LogP contribution in [0.1, 0.15) is 88.0 Å². The van der Waals surface area contributed by atoms with Gasteiger partial charge in [-0.15, -0.1) is 0 Å². The second kappa shape index (κ2) is 15.8. The van der Waals surface area contributed by atoms with Crippen LogP contribution >= 0.6 is 0 Å². The lowest BCUT2D eigenvalue weighted by molar-refractivity contribution is -0.200. The van der Waals surface area contributed by atoms with Crippen molar-refractivity contribution in [2.24, 2.45) is 28.6 Å². The first-order chi connectivity index (χ1) is 26.7. The van der Waals surface area contributed by atoms with Crippen molar-refractivity contribution in [2.75, 3.05) is 27.2 Å². The van der Waals surface area contributed by atoms with Gasteiger partial charge in [0, 0.05) is 28.9 Å². The van der Waals surface area contributed by atoms with Crippen LogP contribution in [0.15, 0.2) is 72.3 Å². The Labute approximate surface area is 330 Å². The molecule has 6 aliphatic rings. The number of allylic oxidation sites excluding steroid dienone is 4. The minimum atomic E-state index is -1.20. The molecule has 2 aliphatic heterocycles. The zero-order valence-corrected chi connectivity index (χ0v) is 33.3. The third-order valence-electron chi connectivity index (χ3n) is 13.7. The van der Waals surface area contributed by atoms with E-state index in [-0.39, 0.29) is 41.2 Å². The molecule has 8 rings (SSSR count). The molecular weight excluding hydrogens is 711 g/mol. The van der Waals surface area contributed by atoms with Crippen LogP contribution in [0.5, 0.6) is 5.75 Å². The molecule has 300 valence electrons. The summed E-state index contributed by atoms with van der Waals surface area (Å²) in [7, 11) is 4.11. The highest BCUT2D eigenvalue weighted by Crippen LogP contribution is 2.69. The molecule has 0 radical (unpaired) electrons. The van der Waals surface area contributed by atoms with E-state index in [9.17, 15) is 24.6 Å². The Bertz CT molecular complexity index is 1950. The Kier molecular flexibility index (Phi) is 11.3. The first-order valence-electron chi connectivity index (χ1n) is 20.3. The lowest BCUT2D eigenvalue weighted by Crippen LogP contribution is -2.63. The molecule has 56 heavy (non-hydrogen) atoms. The van der Waals surface area contributed by atoms with E-state index in [1.54, 1.807) is 12.2 Å². The van der Waals surface area contributed by atoms with Gasteiger partial charge >= 0.3 is 5.97 Å². The molecule has 1 saturated heterocycles. The van der Waals surface area contributed by atoms with Crippen LogP contribution in [0, 0.1) is 28.6 Å². The lowest BCUT2D eigenvalue weighted by Gasteiger charge is -2.59. The van der Waals surface area contributed by atoms with E-state index in [2.05, 4.69) is 58.0 Å². The van der Waals surface area contributed by atoms with Crippen LogP contribution in [0.4, 0.5) is 0 Å². The van der Waals surface area contributed by atoms with E-state index in [0.29, 0.717) is 25.9 Å². The molecule has 0 aromatic heterocycles. The van der Waals surface area contributed by atoms with Gasteiger partial charge in [0.1, 0.15) is 19.0 Å². The third-order valence-corrected chi connectivity index (χ3v) is 13.7. The molecule has 3 N–H and O–H groups in total. The number of ketones is 2. The number of nitrogens with zero attached hydrogens (tertiary/aromatic N) is 1. The maximum absolute atomic E-state index is 13.2. The molecular formula is C46H57NO9. The highest BCUT2D eigenvalue weighted by atomic mass is 16.7. The molecule has 9 atom stereocenters. The number of carboxylic acid groups (broad SMARTS) is 1. The van der Waals surface area contributed by atoms with E-state index in [0.717, 1.165) is 71.4 Å². The number of carbonyl (C=O) groups is 3. The fraction of sp³-hybridized carbons (Fsp3) is 0.543. The van der Waals surface area contributed by atoms with Crippen molar-refractivity contribution in [3.8, 4) is 5.75 Å². The third kappa shape index (κ3) is 6.91. The van der Waals surface area contributed by atoms with Gasteiger partial charge in [0.15, 0.2) is 23.5 Å². The number of rotatable bonds is 9. The van der Waals surface area contributed by atoms with Gasteiger partial charge in [0.05, 0.1) is 18.6 Å². The van der Waals surface area contributed by atoms with Crippen LogP contribution in [0.2, 0.25) is 0 Å². The zero-order chi connectivity index (χ0) is 40.0. The van der Waals surface area contributed by atoms with Crippen LogP contribution in [-0.2, 0) is 36.9 Å². The summed E-state index contributed by atoms with van der Waals surface area (Å²) in [6, 6.07) is 13.9. The Morgan fingerprint density at radius 3 is 2.61 bits per heavy atom. The molecule has 2 aromatic carbocycles. The molecule has 0 spiro atoms. The number of hydrogen-bond donors (Lipinski definition) is 3. The van der Waals surface area contributed by atoms with Crippen molar-refractivity contribution in [2.45, 2.75) is 103 Å². The van der Waals surface area contributed by atoms with Gasteiger partial charge in [0.25, 0.3) is 0 Å². The van der Waals surface area contributed by atoms with Gasteiger partial charge in [-0.1, -0.05) is 75.2 Å². The molecule has 3 saturated carbocycles. The summed E-state index contributed by atoms with van der Waals surface area (Å²) in [6.07, 6.45) is 11.5. The van der Waals surface area contributed by atoms with E-state index in [1.807, 2.05) is 36.4 Å². The number of aliphatic hydroxyl groups is 2. The van der Waals surface area contributed by atoms with Crippen molar-refractivity contribution in [3.63, 3.8) is 0 Å². The maximum atomic E-state index is 13.2. The fourth-order valence-corrected chi connectivity index (χ4v) is 11.2. The number of aliphatic carboxylic acids is 1. The molecule has 4 aliphatic carbocycles. The largest absolute Gasteiger partial charge is 0.488 e. The minimum absolute atomic E-state index is 0.0125. The summed E-state index contributed by atoms with van der Waals surface area (Å²) in [5.41, 5.74) is 4.14. The van der Waals surface area contributed by atoms with Gasteiger partial charge < -0.3 is 34.4 Å². The highest BCUT2D eigenvalue weighted by Gasteiger charge is 2.75. The van der Waals surface area contributed by atoms with Crippen molar-refractivity contribution in [1.29, 1.82) is 0 Å². The van der Waals surface area contributed by atoms with Crippen molar-refractivity contribution in [3.05, 3.63) is 94.6 Å². The number of aliphatic hydroxyl groups excluding tert-OH is 2. The SMILES string of the molecule is CCCC1O[C@@H]2C[C@H]3[C@@H]4CCC5=CC(=O)C=C[C@]5(C)[C@H]4[C@@H](O)C[C@]3(C)[C@]2(C(=O)CO)O1.CN(C)CC/C=C1/c2ccccc2COc2ccc(CC(=O)O)cc21. The van der Waals surface area contributed by atoms with Gasteiger partial charge in [-0.05, 0) is 111 Å². The molecule has 1 unspecified atom stereocenters. The topological polar surface area (TPSA) is 143 Å². The van der Waals surface area contributed by atoms with Crippen LogP contribution in [0.25, 0.3) is 5.57 Å². The zero-order valence-electron chi connectivity index (χ0n) is 33.3. The fourth-order valence-electron chi connectivity index (χ4n) is 11.2. The standard InChI is InChI=1S/C25H34O6.C21H23NO3/c1-4-5-21-30-20-11-17-16-7-6-14-10-15(27)8-9-23(14,2)22(16)18(28)12-24(17,3)25(20,31-21)19(29)13-26;1-22(2)11-5-8-18-17-7-4-3-6-16(17)14-25-20-10-9-15(12-19(18)20)13-21(23)24/h8-10,16-18,20-22,26,28H,4-7,11-13H2,1-3H3;3-4,6-10,12H,5,11,13-14H2,1-2H3,(H,23,24)/b;18-8-/t16-,17-,18-,20+,21?,22+,23-,24-,25+;/m0./s1. The molecule has 2 heterocycles. The molecule has 10 heteroatoms. The summed E-state index contributed by atoms with van der Waals surface area (Å²) in [4.78, 5) is 38.4. The summed E-state index contributed by atoms with van der Waals surface area (Å²) in [6.45, 7) is 7.15. The number of carboxylic acids is 1. The highest BCUT2D eigenvalue weighted by molar-refractivity contribution is 6.01. The average molecular weight is 768 g/mol. The first-order valence-corrected chi connectivity index (χ1v) is 20.3. The quantitative estimate of drug-likeness (QED) is 0.266. The minimum Gasteiger partial charge on any atom is -0.488 e. The molecule has 4 fully saturated rings. The Morgan fingerprint density at radius 2 is 1.88 bits per heavy atom. The van der Waals surface area contributed by atoms with E-state index in [1.165, 1.54) is 0 Å². The number of Topliss-reactive ketones (excluding diaryl/α,β-unsaturated/α-hetero) is 1. The normalized spacial score (nSPS) is 34.4. The lowest BCUT2D eigenvalue weighted by atomic mass is 9.46. The van der Waals surface area contributed by atoms with Gasteiger partial charge in [-0.3, -0.25) is 14.4 Å². The molecule has 0 amide bonds. The van der Waals surface area contributed by atoms with Gasteiger partial charge in [-0.25, -0.2) is 0 Å². The average Bonchev–Trinajstić information content (AvgIpc) is 3.58. The van der Waals surface area contributed by atoms with Gasteiger partial charge in [-0.2, -0.15) is 0 Å². The smallest absolute Gasteiger partial charge is 0.307 e. The van der Waals surface area contributed by atoms with Crippen LogP contribution in [0.3, 0.4) is 0 Å². The monoisotopic (exact) mass is 767 g/mol. The van der Waals surface area contributed by atoms with Crippen molar-refractivity contribution < 1.29 is 43.9 Å². The predicted octanol–water partition coefficient (Wildman–Crippen LogP) is 6.31. The summed E-state index contributed by atoms with van der Waals surface area (Å²) in [5.74, 6) is 0.00843. The molecule has 0 bridgehead atoms. The second-order valence-electron chi connectivity index (χ2n) is 17.3. The van der Waals surface area contributed by atoms with Crippen LogP contribution < -0.4 is 4.74 Å². The number of hydrogen-bond acceptors (Lipinski definition) is 9. The Hall–Kier alpha value is -3.93. The van der Waals surface area contributed by atoms with Crippen LogP contribution in [-0.4, -0.2) is 89.1 Å². The number of ether oxygens (including phenoxy) is 3. The predicted molar refractivity (Wildman–Crippen MR) is 212 cm³/mol. The summed E-state index contributed by atoms with van der Waals surface area (Å²) in [5, 5.41) is 30.5. The van der Waals surface area contributed by atoms with E-state index >= 15 is 0 Å². The molecule has 2 aromatic rings. The number of carbonyl (C=O) groups excluding carboxylic acids is 2. The summed E-state index contributed by atoms with van der Waals surface area (Å²) < 4.78 is 18.7. The second-order valence-corrected chi connectivity index (χ2v) is 17.3. The van der Waals surface area contributed by atoms with Crippen molar-refractivity contribution in [1.82, 2.24) is 4.90 Å². The van der Waals surface area contributed by atoms with E-state index in [4.69, 9.17) is 19.3 Å².